The SMILES string of the molecule is CCCn1ncc(OC)c1C(N)c1ccc(C)nc1. The largest absolute Gasteiger partial charge is 0.493 e. The number of aromatic nitrogens is 3. The highest BCUT2D eigenvalue weighted by molar-refractivity contribution is 5.35. The van der Waals surface area contributed by atoms with Gasteiger partial charge in [0.05, 0.1) is 19.3 Å². The fraction of sp³-hybridized carbons (Fsp3) is 0.429. The molecule has 0 amide bonds. The van der Waals surface area contributed by atoms with Crippen LogP contribution in [0.25, 0.3) is 0 Å². The molecule has 2 heterocycles. The second-order valence-electron chi connectivity index (χ2n) is 4.53. The van der Waals surface area contributed by atoms with E-state index in [0.717, 1.165) is 35.7 Å². The van der Waals surface area contributed by atoms with E-state index in [-0.39, 0.29) is 6.04 Å². The fourth-order valence-electron chi connectivity index (χ4n) is 2.06. The third kappa shape index (κ3) is 2.76. The lowest BCUT2D eigenvalue weighted by Gasteiger charge is -2.15. The van der Waals surface area contributed by atoms with Gasteiger partial charge in [-0.25, -0.2) is 0 Å². The molecule has 1 atom stereocenters. The Balaban J connectivity index is 2.38. The Kier molecular flexibility index (Phi) is 4.16. The van der Waals surface area contributed by atoms with Crippen LogP contribution in [0.3, 0.4) is 0 Å². The van der Waals surface area contributed by atoms with E-state index in [9.17, 15) is 0 Å². The summed E-state index contributed by atoms with van der Waals surface area (Å²) in [5.41, 5.74) is 9.17. The number of rotatable bonds is 5. The Hall–Kier alpha value is -1.88. The number of pyridine rings is 1. The predicted molar refractivity (Wildman–Crippen MR) is 74.1 cm³/mol. The summed E-state index contributed by atoms with van der Waals surface area (Å²) in [6, 6.07) is 3.68. The van der Waals surface area contributed by atoms with Gasteiger partial charge in [-0.05, 0) is 25.0 Å². The lowest BCUT2D eigenvalue weighted by Crippen LogP contribution is -2.18. The van der Waals surface area contributed by atoms with E-state index >= 15 is 0 Å². The summed E-state index contributed by atoms with van der Waals surface area (Å²) in [4.78, 5) is 4.29. The molecule has 2 rings (SSSR count). The average molecular weight is 260 g/mol. The molecule has 0 saturated heterocycles. The number of hydrogen-bond donors (Lipinski definition) is 1. The summed E-state index contributed by atoms with van der Waals surface area (Å²) in [7, 11) is 1.64. The number of hydrogen-bond acceptors (Lipinski definition) is 4. The van der Waals surface area contributed by atoms with Crippen molar-refractivity contribution in [3.63, 3.8) is 0 Å². The van der Waals surface area contributed by atoms with Crippen LogP contribution in [0.1, 0.15) is 36.3 Å². The molecule has 102 valence electrons. The zero-order chi connectivity index (χ0) is 13.8. The lowest BCUT2D eigenvalue weighted by atomic mass is 10.1. The first-order valence-corrected chi connectivity index (χ1v) is 6.45. The van der Waals surface area contributed by atoms with Crippen molar-refractivity contribution in [1.29, 1.82) is 0 Å². The highest BCUT2D eigenvalue weighted by Crippen LogP contribution is 2.28. The molecule has 0 saturated carbocycles. The molecule has 0 fully saturated rings. The maximum Gasteiger partial charge on any atom is 0.161 e. The highest BCUT2D eigenvalue weighted by Gasteiger charge is 2.20. The van der Waals surface area contributed by atoms with E-state index in [0.29, 0.717) is 0 Å². The lowest BCUT2D eigenvalue weighted by molar-refractivity contribution is 0.404. The van der Waals surface area contributed by atoms with Crippen LogP contribution in [0, 0.1) is 6.92 Å². The van der Waals surface area contributed by atoms with E-state index in [4.69, 9.17) is 10.5 Å². The van der Waals surface area contributed by atoms with E-state index < -0.39 is 0 Å². The van der Waals surface area contributed by atoms with Gasteiger partial charge in [0, 0.05) is 18.4 Å². The average Bonchev–Trinajstić information content (AvgIpc) is 2.82. The van der Waals surface area contributed by atoms with E-state index in [1.807, 2.05) is 29.9 Å². The maximum atomic E-state index is 6.34. The molecule has 19 heavy (non-hydrogen) atoms. The topological polar surface area (TPSA) is 66.0 Å². The molecule has 0 aliphatic carbocycles. The summed E-state index contributed by atoms with van der Waals surface area (Å²) >= 11 is 0. The van der Waals surface area contributed by atoms with Gasteiger partial charge in [-0.1, -0.05) is 13.0 Å². The maximum absolute atomic E-state index is 6.34. The van der Waals surface area contributed by atoms with Crippen LogP contribution in [0.2, 0.25) is 0 Å². The van der Waals surface area contributed by atoms with Gasteiger partial charge in [-0.2, -0.15) is 5.10 Å². The number of methoxy groups -OCH3 is 1. The van der Waals surface area contributed by atoms with Gasteiger partial charge < -0.3 is 10.5 Å². The molecular weight excluding hydrogens is 240 g/mol. The van der Waals surface area contributed by atoms with Crippen LogP contribution in [0.15, 0.2) is 24.5 Å². The molecule has 0 bridgehead atoms. The number of nitrogens with two attached hydrogens (primary N) is 1. The minimum atomic E-state index is -0.280. The summed E-state index contributed by atoms with van der Waals surface area (Å²) in [6.45, 7) is 4.89. The molecule has 0 radical (unpaired) electrons. The van der Waals surface area contributed by atoms with Crippen molar-refractivity contribution in [2.24, 2.45) is 5.73 Å². The van der Waals surface area contributed by atoms with Crippen molar-refractivity contribution in [2.45, 2.75) is 32.9 Å². The molecule has 5 nitrogen and oxygen atoms in total. The number of ether oxygens (including phenoxy) is 1. The Morgan fingerprint density at radius 2 is 2.16 bits per heavy atom. The van der Waals surface area contributed by atoms with Crippen LogP contribution in [-0.4, -0.2) is 21.9 Å². The molecule has 2 N–H and O–H groups in total. The normalized spacial score (nSPS) is 12.4. The van der Waals surface area contributed by atoms with Crippen molar-refractivity contribution in [2.75, 3.05) is 7.11 Å². The molecule has 2 aromatic rings. The second kappa shape index (κ2) is 5.84. The standard InChI is InChI=1S/C14H20N4O/c1-4-7-18-14(12(19-3)9-17-18)13(15)11-6-5-10(2)16-8-11/h5-6,8-9,13H,4,7,15H2,1-3H3. The third-order valence-electron chi connectivity index (χ3n) is 3.09. The van der Waals surface area contributed by atoms with Gasteiger partial charge in [0.15, 0.2) is 5.75 Å². The van der Waals surface area contributed by atoms with Crippen LogP contribution in [0.5, 0.6) is 5.75 Å². The Bertz CT molecular complexity index is 533. The Morgan fingerprint density at radius 3 is 2.74 bits per heavy atom. The second-order valence-corrected chi connectivity index (χ2v) is 4.53. The molecule has 5 heteroatoms. The van der Waals surface area contributed by atoms with Gasteiger partial charge in [-0.15, -0.1) is 0 Å². The monoisotopic (exact) mass is 260 g/mol. The van der Waals surface area contributed by atoms with E-state index in [2.05, 4.69) is 17.0 Å². The van der Waals surface area contributed by atoms with Crippen LogP contribution in [0.4, 0.5) is 0 Å². The van der Waals surface area contributed by atoms with E-state index in [1.54, 1.807) is 13.3 Å². The smallest absolute Gasteiger partial charge is 0.161 e. The summed E-state index contributed by atoms with van der Waals surface area (Å²) < 4.78 is 7.26. The molecule has 0 spiro atoms. The van der Waals surface area contributed by atoms with Crippen molar-refractivity contribution < 1.29 is 4.74 Å². The highest BCUT2D eigenvalue weighted by atomic mass is 16.5. The summed E-state index contributed by atoms with van der Waals surface area (Å²) in [5.74, 6) is 0.724. The summed E-state index contributed by atoms with van der Waals surface area (Å²) in [5, 5.41) is 4.33. The van der Waals surface area contributed by atoms with Crippen LogP contribution in [-0.2, 0) is 6.54 Å². The number of aryl methyl sites for hydroxylation is 2. The Morgan fingerprint density at radius 1 is 1.37 bits per heavy atom. The van der Waals surface area contributed by atoms with Crippen molar-refractivity contribution >= 4 is 0 Å². The first kappa shape index (κ1) is 13.5. The fourth-order valence-corrected chi connectivity index (χ4v) is 2.06. The molecule has 2 aromatic heterocycles. The van der Waals surface area contributed by atoms with Crippen molar-refractivity contribution in [3.05, 3.63) is 41.5 Å². The number of nitrogens with zero attached hydrogens (tertiary/aromatic N) is 3. The van der Waals surface area contributed by atoms with Crippen LogP contribution >= 0.6 is 0 Å². The zero-order valence-corrected chi connectivity index (χ0v) is 11.6. The Labute approximate surface area is 113 Å². The molecule has 0 aliphatic rings. The summed E-state index contributed by atoms with van der Waals surface area (Å²) in [6.07, 6.45) is 4.52. The van der Waals surface area contributed by atoms with Gasteiger partial charge in [0.25, 0.3) is 0 Å². The molecule has 1 unspecified atom stereocenters. The third-order valence-corrected chi connectivity index (χ3v) is 3.09. The molecule has 0 aromatic carbocycles. The van der Waals surface area contributed by atoms with Crippen molar-refractivity contribution in [1.82, 2.24) is 14.8 Å². The van der Waals surface area contributed by atoms with Gasteiger partial charge in [0.2, 0.25) is 0 Å². The van der Waals surface area contributed by atoms with Crippen LogP contribution < -0.4 is 10.5 Å². The first-order chi connectivity index (χ1) is 9.17. The van der Waals surface area contributed by atoms with E-state index in [1.165, 1.54) is 0 Å². The first-order valence-electron chi connectivity index (χ1n) is 6.45. The molecule has 0 aliphatic heterocycles. The van der Waals surface area contributed by atoms with Gasteiger partial charge >= 0.3 is 0 Å². The minimum Gasteiger partial charge on any atom is -0.493 e. The molecular formula is C14H20N4O. The van der Waals surface area contributed by atoms with Gasteiger partial charge in [-0.3, -0.25) is 9.67 Å². The predicted octanol–water partition coefficient (Wildman–Crippen LogP) is 2.05. The quantitative estimate of drug-likeness (QED) is 0.893. The van der Waals surface area contributed by atoms with Crippen molar-refractivity contribution in [3.8, 4) is 5.75 Å². The van der Waals surface area contributed by atoms with Gasteiger partial charge in [0.1, 0.15) is 5.69 Å². The minimum absolute atomic E-state index is 0.280. The zero-order valence-electron chi connectivity index (χ0n) is 11.6.